The van der Waals surface area contributed by atoms with E-state index >= 15 is 0 Å². The Bertz CT molecular complexity index is 553. The maximum Gasteiger partial charge on any atom is 0.135 e. The van der Waals surface area contributed by atoms with Crippen LogP contribution in [0.5, 0.6) is 17.2 Å². The highest BCUT2D eigenvalue weighted by molar-refractivity contribution is 5.48. The van der Waals surface area contributed by atoms with Gasteiger partial charge in [-0.1, -0.05) is 6.07 Å². The van der Waals surface area contributed by atoms with Gasteiger partial charge in [-0.15, -0.1) is 0 Å². The van der Waals surface area contributed by atoms with E-state index in [-0.39, 0.29) is 11.9 Å². The highest BCUT2D eigenvalue weighted by atomic mass is 19.1. The van der Waals surface area contributed by atoms with Gasteiger partial charge in [0, 0.05) is 6.04 Å². The average molecular weight is 261 g/mol. The molecule has 0 spiro atoms. The molecular weight excluding hydrogens is 245 g/mol. The predicted octanol–water partition coefficient (Wildman–Crippen LogP) is 3.65. The highest BCUT2D eigenvalue weighted by Crippen LogP contribution is 2.35. The summed E-state index contributed by atoms with van der Waals surface area (Å²) in [4.78, 5) is 0. The van der Waals surface area contributed by atoms with Gasteiger partial charge in [0.15, 0.2) is 0 Å². The van der Waals surface area contributed by atoms with Crippen LogP contribution in [-0.4, -0.2) is 7.11 Å². The molecule has 0 fully saturated rings. The number of hydrogen-bond donors (Lipinski definition) is 1. The second kappa shape index (κ2) is 5.71. The number of nitrogens with two attached hydrogens (primary N) is 1. The SMILES string of the molecule is COc1cccc(Oc2ccc(F)cc2)c1C(C)N. The Hall–Kier alpha value is -2.07. The molecule has 100 valence electrons. The number of ether oxygens (including phenoxy) is 2. The van der Waals surface area contributed by atoms with E-state index < -0.39 is 0 Å². The van der Waals surface area contributed by atoms with E-state index in [9.17, 15) is 4.39 Å². The Morgan fingerprint density at radius 3 is 2.26 bits per heavy atom. The van der Waals surface area contributed by atoms with Gasteiger partial charge in [-0.2, -0.15) is 0 Å². The monoisotopic (exact) mass is 261 g/mol. The molecule has 0 aromatic heterocycles. The molecule has 1 unspecified atom stereocenters. The van der Waals surface area contributed by atoms with Gasteiger partial charge in [0.1, 0.15) is 23.1 Å². The van der Waals surface area contributed by atoms with Crippen molar-refractivity contribution in [1.82, 2.24) is 0 Å². The van der Waals surface area contributed by atoms with Crippen LogP contribution >= 0.6 is 0 Å². The highest BCUT2D eigenvalue weighted by Gasteiger charge is 2.14. The van der Waals surface area contributed by atoms with Crippen LogP contribution in [0.25, 0.3) is 0 Å². The molecule has 4 heteroatoms. The van der Waals surface area contributed by atoms with Crippen LogP contribution in [0.3, 0.4) is 0 Å². The largest absolute Gasteiger partial charge is 0.496 e. The number of methoxy groups -OCH3 is 1. The van der Waals surface area contributed by atoms with Crippen molar-refractivity contribution >= 4 is 0 Å². The molecule has 0 amide bonds. The third-order valence-electron chi connectivity index (χ3n) is 2.74. The van der Waals surface area contributed by atoms with Crippen LogP contribution in [0, 0.1) is 5.82 Å². The molecule has 0 aliphatic carbocycles. The number of halogens is 1. The van der Waals surface area contributed by atoms with Gasteiger partial charge >= 0.3 is 0 Å². The Morgan fingerprint density at radius 1 is 1.05 bits per heavy atom. The lowest BCUT2D eigenvalue weighted by Crippen LogP contribution is -2.08. The average Bonchev–Trinajstić information content (AvgIpc) is 2.40. The first-order chi connectivity index (χ1) is 9.11. The number of hydrogen-bond acceptors (Lipinski definition) is 3. The van der Waals surface area contributed by atoms with Gasteiger partial charge in [0.05, 0.1) is 12.7 Å². The normalized spacial score (nSPS) is 12.0. The summed E-state index contributed by atoms with van der Waals surface area (Å²) < 4.78 is 23.9. The lowest BCUT2D eigenvalue weighted by atomic mass is 10.1. The maximum absolute atomic E-state index is 12.9. The van der Waals surface area contributed by atoms with Gasteiger partial charge < -0.3 is 15.2 Å². The van der Waals surface area contributed by atoms with Gasteiger partial charge in [0.2, 0.25) is 0 Å². The first kappa shape index (κ1) is 13.4. The maximum atomic E-state index is 12.9. The molecule has 0 radical (unpaired) electrons. The summed E-state index contributed by atoms with van der Waals surface area (Å²) in [5, 5.41) is 0. The van der Waals surface area contributed by atoms with Crippen LogP contribution in [0.2, 0.25) is 0 Å². The smallest absolute Gasteiger partial charge is 0.135 e. The molecule has 2 aromatic rings. The first-order valence-electron chi connectivity index (χ1n) is 5.97. The lowest BCUT2D eigenvalue weighted by molar-refractivity contribution is 0.397. The minimum atomic E-state index is -0.301. The van der Waals surface area contributed by atoms with Crippen molar-refractivity contribution in [3.05, 3.63) is 53.8 Å². The molecule has 0 saturated carbocycles. The number of benzene rings is 2. The van der Waals surface area contributed by atoms with E-state index in [1.807, 2.05) is 25.1 Å². The van der Waals surface area contributed by atoms with Gasteiger partial charge in [0.25, 0.3) is 0 Å². The van der Waals surface area contributed by atoms with E-state index in [0.29, 0.717) is 17.2 Å². The Balaban J connectivity index is 2.36. The predicted molar refractivity (Wildman–Crippen MR) is 72.1 cm³/mol. The van der Waals surface area contributed by atoms with E-state index in [0.717, 1.165) is 5.56 Å². The number of rotatable bonds is 4. The molecule has 2 aromatic carbocycles. The van der Waals surface area contributed by atoms with Crippen LogP contribution in [0.15, 0.2) is 42.5 Å². The van der Waals surface area contributed by atoms with Crippen LogP contribution in [-0.2, 0) is 0 Å². The minimum Gasteiger partial charge on any atom is -0.496 e. The summed E-state index contributed by atoms with van der Waals surface area (Å²) >= 11 is 0. The topological polar surface area (TPSA) is 44.5 Å². The summed E-state index contributed by atoms with van der Waals surface area (Å²) in [6.45, 7) is 1.86. The van der Waals surface area contributed by atoms with Crippen LogP contribution in [0.1, 0.15) is 18.5 Å². The summed E-state index contributed by atoms with van der Waals surface area (Å²) in [5.41, 5.74) is 6.74. The quantitative estimate of drug-likeness (QED) is 0.913. The van der Waals surface area contributed by atoms with Crippen molar-refractivity contribution in [1.29, 1.82) is 0 Å². The third kappa shape index (κ3) is 3.03. The van der Waals surface area contributed by atoms with Crippen molar-refractivity contribution in [2.24, 2.45) is 5.73 Å². The summed E-state index contributed by atoms with van der Waals surface area (Å²) in [6, 6.07) is 11.1. The zero-order valence-electron chi connectivity index (χ0n) is 10.9. The molecule has 0 aliphatic heterocycles. The van der Waals surface area contributed by atoms with Crippen LogP contribution < -0.4 is 15.2 Å². The van der Waals surface area contributed by atoms with Crippen molar-refractivity contribution in [2.75, 3.05) is 7.11 Å². The molecule has 2 N–H and O–H groups in total. The summed E-state index contributed by atoms with van der Waals surface area (Å²) in [6.07, 6.45) is 0. The van der Waals surface area contributed by atoms with Gasteiger partial charge in [-0.3, -0.25) is 0 Å². The minimum absolute atomic E-state index is 0.230. The fourth-order valence-electron chi connectivity index (χ4n) is 1.87. The molecule has 3 nitrogen and oxygen atoms in total. The van der Waals surface area contributed by atoms with Crippen molar-refractivity contribution < 1.29 is 13.9 Å². The van der Waals surface area contributed by atoms with E-state index in [1.54, 1.807) is 19.2 Å². The Kier molecular flexibility index (Phi) is 4.02. The molecule has 0 aliphatic rings. The molecule has 2 rings (SSSR count). The van der Waals surface area contributed by atoms with E-state index in [1.165, 1.54) is 12.1 Å². The van der Waals surface area contributed by atoms with Gasteiger partial charge in [-0.05, 0) is 43.3 Å². The lowest BCUT2D eigenvalue weighted by Gasteiger charge is -2.17. The first-order valence-corrected chi connectivity index (χ1v) is 5.97. The molecule has 0 bridgehead atoms. The van der Waals surface area contributed by atoms with E-state index in [4.69, 9.17) is 15.2 Å². The van der Waals surface area contributed by atoms with Crippen molar-refractivity contribution in [3.63, 3.8) is 0 Å². The van der Waals surface area contributed by atoms with Crippen LogP contribution in [0.4, 0.5) is 4.39 Å². The van der Waals surface area contributed by atoms with Crippen molar-refractivity contribution in [2.45, 2.75) is 13.0 Å². The van der Waals surface area contributed by atoms with Crippen molar-refractivity contribution in [3.8, 4) is 17.2 Å². The summed E-state index contributed by atoms with van der Waals surface area (Å²) in [7, 11) is 1.59. The Morgan fingerprint density at radius 2 is 1.68 bits per heavy atom. The fourth-order valence-corrected chi connectivity index (χ4v) is 1.87. The Labute approximate surface area is 111 Å². The zero-order valence-corrected chi connectivity index (χ0v) is 10.9. The molecule has 0 heterocycles. The standard InChI is InChI=1S/C15H16FNO2/c1-10(17)15-13(18-2)4-3-5-14(15)19-12-8-6-11(16)7-9-12/h3-10H,17H2,1-2H3. The third-order valence-corrected chi connectivity index (χ3v) is 2.74. The molecule has 0 saturated heterocycles. The molecular formula is C15H16FNO2. The van der Waals surface area contributed by atoms with Gasteiger partial charge in [-0.25, -0.2) is 4.39 Å². The summed E-state index contributed by atoms with van der Waals surface area (Å²) in [5.74, 6) is 1.54. The fraction of sp³-hybridized carbons (Fsp3) is 0.200. The zero-order chi connectivity index (χ0) is 13.8. The second-order valence-electron chi connectivity index (χ2n) is 4.22. The second-order valence-corrected chi connectivity index (χ2v) is 4.22. The molecule has 1 atom stereocenters. The van der Waals surface area contributed by atoms with E-state index in [2.05, 4.69) is 0 Å². The molecule has 19 heavy (non-hydrogen) atoms.